The summed E-state index contributed by atoms with van der Waals surface area (Å²) in [5.74, 6) is 2.02. The van der Waals surface area contributed by atoms with Crippen LogP contribution in [0, 0.1) is 0 Å². The Kier molecular flexibility index (Phi) is 5.47. The van der Waals surface area contributed by atoms with Crippen LogP contribution in [0.25, 0.3) is 22.1 Å². The summed E-state index contributed by atoms with van der Waals surface area (Å²) in [5, 5.41) is 0. The average Bonchev–Trinajstić information content (AvgIpc) is 3.34. The van der Waals surface area contributed by atoms with Gasteiger partial charge in [0, 0.05) is 0 Å². The van der Waals surface area contributed by atoms with E-state index in [0.29, 0.717) is 34.2 Å². The molecule has 0 aliphatic carbocycles. The van der Waals surface area contributed by atoms with E-state index >= 15 is 0 Å². The molecular formula is C25H20N2O4S. The normalized spacial score (nSPS) is 11.8. The van der Waals surface area contributed by atoms with Crippen LogP contribution >= 0.6 is 11.3 Å². The summed E-state index contributed by atoms with van der Waals surface area (Å²) in [7, 11) is 1.59. The Hall–Kier alpha value is -3.84. The highest BCUT2D eigenvalue weighted by molar-refractivity contribution is 7.15. The van der Waals surface area contributed by atoms with Crippen LogP contribution in [0.3, 0.4) is 0 Å². The standard InChI is InChI=1S/C25H20N2O4S/c1-29-22-15-17(11-12-21(22)31-14-13-30-18-7-3-2-4-8-18)16-23-24(28)27-20-10-6-5-9-19(20)26-25(27)32-23/h2-12,15-16H,13-14H2,1H3/b23-16+. The lowest BCUT2D eigenvalue weighted by Crippen LogP contribution is -2.22. The highest BCUT2D eigenvalue weighted by atomic mass is 32.1. The van der Waals surface area contributed by atoms with Crippen molar-refractivity contribution in [1.82, 2.24) is 9.38 Å². The van der Waals surface area contributed by atoms with E-state index in [1.54, 1.807) is 11.5 Å². The number of para-hydroxylation sites is 3. The second kappa shape index (κ2) is 8.72. The van der Waals surface area contributed by atoms with Gasteiger partial charge in [-0.2, -0.15) is 0 Å². The van der Waals surface area contributed by atoms with Gasteiger partial charge in [0.1, 0.15) is 19.0 Å². The zero-order valence-corrected chi connectivity index (χ0v) is 18.2. The third kappa shape index (κ3) is 3.90. The molecule has 160 valence electrons. The Bertz CT molecular complexity index is 1490. The Morgan fingerprint density at radius 2 is 1.72 bits per heavy atom. The second-order valence-corrected chi connectivity index (χ2v) is 8.06. The molecule has 0 atom stereocenters. The van der Waals surface area contributed by atoms with Crippen molar-refractivity contribution in [2.75, 3.05) is 20.3 Å². The molecule has 0 unspecified atom stereocenters. The van der Waals surface area contributed by atoms with Crippen LogP contribution in [0.15, 0.2) is 77.6 Å². The third-order valence-corrected chi connectivity index (χ3v) is 5.95. The molecule has 2 heterocycles. The lowest BCUT2D eigenvalue weighted by Gasteiger charge is -2.12. The summed E-state index contributed by atoms with van der Waals surface area (Å²) in [5.41, 5.74) is 2.42. The molecule has 0 aliphatic heterocycles. The lowest BCUT2D eigenvalue weighted by atomic mass is 10.2. The van der Waals surface area contributed by atoms with Crippen LogP contribution in [-0.4, -0.2) is 29.7 Å². The first-order chi connectivity index (χ1) is 15.7. The fourth-order valence-electron chi connectivity index (χ4n) is 3.48. The minimum absolute atomic E-state index is 0.0731. The van der Waals surface area contributed by atoms with Crippen molar-refractivity contribution in [2.24, 2.45) is 0 Å². The molecule has 0 radical (unpaired) electrons. The molecule has 0 saturated carbocycles. The van der Waals surface area contributed by atoms with E-state index in [0.717, 1.165) is 22.3 Å². The first kappa shape index (κ1) is 20.1. The summed E-state index contributed by atoms with van der Waals surface area (Å²) >= 11 is 1.37. The first-order valence-electron chi connectivity index (χ1n) is 10.1. The van der Waals surface area contributed by atoms with Crippen LogP contribution in [0.2, 0.25) is 0 Å². The van der Waals surface area contributed by atoms with Gasteiger partial charge in [-0.05, 0) is 48.0 Å². The van der Waals surface area contributed by atoms with Gasteiger partial charge >= 0.3 is 0 Å². The molecule has 5 aromatic rings. The highest BCUT2D eigenvalue weighted by Crippen LogP contribution is 2.28. The molecule has 0 N–H and O–H groups in total. The van der Waals surface area contributed by atoms with Crippen molar-refractivity contribution >= 4 is 33.4 Å². The van der Waals surface area contributed by atoms with Crippen molar-refractivity contribution < 1.29 is 14.2 Å². The van der Waals surface area contributed by atoms with Gasteiger partial charge in [0.15, 0.2) is 16.5 Å². The number of aromatic nitrogens is 2. The molecule has 3 aromatic carbocycles. The van der Waals surface area contributed by atoms with Gasteiger partial charge < -0.3 is 14.2 Å². The monoisotopic (exact) mass is 444 g/mol. The fraction of sp³-hybridized carbons (Fsp3) is 0.120. The predicted molar refractivity (Wildman–Crippen MR) is 126 cm³/mol. The Labute approximate surface area is 187 Å². The summed E-state index contributed by atoms with van der Waals surface area (Å²) in [6, 6.07) is 22.8. The number of imidazole rings is 1. The van der Waals surface area contributed by atoms with Crippen LogP contribution < -0.4 is 24.3 Å². The van der Waals surface area contributed by atoms with E-state index in [1.807, 2.05) is 78.9 Å². The van der Waals surface area contributed by atoms with Gasteiger partial charge in [0.05, 0.1) is 22.7 Å². The number of ether oxygens (including phenoxy) is 3. The summed E-state index contributed by atoms with van der Waals surface area (Å²) in [4.78, 5) is 18.2. The van der Waals surface area contributed by atoms with Crippen molar-refractivity contribution in [3.05, 3.63) is 93.2 Å². The minimum Gasteiger partial charge on any atom is -0.493 e. The predicted octanol–water partition coefficient (Wildman–Crippen LogP) is 3.92. The van der Waals surface area contributed by atoms with Crippen molar-refractivity contribution in [2.45, 2.75) is 0 Å². The number of nitrogens with zero attached hydrogens (tertiary/aromatic N) is 2. The van der Waals surface area contributed by atoms with E-state index in [1.165, 1.54) is 11.3 Å². The quantitative estimate of drug-likeness (QED) is 0.356. The van der Waals surface area contributed by atoms with Crippen LogP contribution in [0.5, 0.6) is 17.2 Å². The van der Waals surface area contributed by atoms with Crippen molar-refractivity contribution in [3.63, 3.8) is 0 Å². The number of methoxy groups -OCH3 is 1. The maximum absolute atomic E-state index is 13.0. The van der Waals surface area contributed by atoms with E-state index < -0.39 is 0 Å². The topological polar surface area (TPSA) is 62.1 Å². The molecule has 7 heteroatoms. The van der Waals surface area contributed by atoms with Gasteiger partial charge in [-0.25, -0.2) is 9.38 Å². The molecule has 0 bridgehead atoms. The van der Waals surface area contributed by atoms with E-state index in [9.17, 15) is 4.79 Å². The van der Waals surface area contributed by atoms with Crippen LogP contribution in [0.1, 0.15) is 5.56 Å². The maximum atomic E-state index is 13.0. The Balaban J connectivity index is 1.36. The van der Waals surface area contributed by atoms with Gasteiger partial charge in [0.2, 0.25) is 0 Å². The lowest BCUT2D eigenvalue weighted by molar-refractivity contribution is 0.211. The van der Waals surface area contributed by atoms with Crippen molar-refractivity contribution in [1.29, 1.82) is 0 Å². The molecule has 5 rings (SSSR count). The molecule has 0 spiro atoms. The largest absolute Gasteiger partial charge is 0.493 e. The fourth-order valence-corrected chi connectivity index (χ4v) is 4.47. The Morgan fingerprint density at radius 1 is 0.938 bits per heavy atom. The van der Waals surface area contributed by atoms with Gasteiger partial charge in [-0.1, -0.05) is 47.7 Å². The van der Waals surface area contributed by atoms with Crippen LogP contribution in [-0.2, 0) is 0 Å². The first-order valence-corrected chi connectivity index (χ1v) is 10.9. The minimum atomic E-state index is -0.0731. The zero-order chi connectivity index (χ0) is 21.9. The SMILES string of the molecule is COc1cc(/C=c2/sc3nc4ccccc4n3c2=O)ccc1OCCOc1ccccc1. The molecule has 6 nitrogen and oxygen atoms in total. The summed E-state index contributed by atoms with van der Waals surface area (Å²) in [6.07, 6.45) is 1.85. The molecule has 0 amide bonds. The van der Waals surface area contributed by atoms with E-state index in [4.69, 9.17) is 14.2 Å². The molecular weight excluding hydrogens is 424 g/mol. The smallest absolute Gasteiger partial charge is 0.274 e. The summed E-state index contributed by atoms with van der Waals surface area (Å²) < 4.78 is 19.2. The van der Waals surface area contributed by atoms with Gasteiger partial charge in [0.25, 0.3) is 5.56 Å². The Morgan fingerprint density at radius 3 is 2.56 bits per heavy atom. The zero-order valence-electron chi connectivity index (χ0n) is 17.4. The summed E-state index contributed by atoms with van der Waals surface area (Å²) in [6.45, 7) is 0.803. The van der Waals surface area contributed by atoms with Gasteiger partial charge in [-0.3, -0.25) is 4.79 Å². The maximum Gasteiger partial charge on any atom is 0.274 e. The number of hydrogen-bond acceptors (Lipinski definition) is 6. The van der Waals surface area contributed by atoms with E-state index in [-0.39, 0.29) is 5.56 Å². The second-order valence-electron chi connectivity index (χ2n) is 7.05. The molecule has 0 fully saturated rings. The molecule has 0 saturated heterocycles. The molecule has 32 heavy (non-hydrogen) atoms. The average molecular weight is 445 g/mol. The van der Waals surface area contributed by atoms with Gasteiger partial charge in [-0.15, -0.1) is 0 Å². The van der Waals surface area contributed by atoms with Crippen molar-refractivity contribution in [3.8, 4) is 17.2 Å². The van der Waals surface area contributed by atoms with Crippen LogP contribution in [0.4, 0.5) is 0 Å². The highest BCUT2D eigenvalue weighted by Gasteiger charge is 2.11. The number of benzene rings is 3. The molecule has 0 aliphatic rings. The third-order valence-electron chi connectivity index (χ3n) is 4.98. The number of rotatable bonds is 7. The molecule has 2 aromatic heterocycles. The number of thiazole rings is 1. The van der Waals surface area contributed by atoms with E-state index in [2.05, 4.69) is 4.98 Å². The number of fused-ring (bicyclic) bond motifs is 3. The number of hydrogen-bond donors (Lipinski definition) is 0.